The molecule has 2 aromatic rings. The van der Waals surface area contributed by atoms with Gasteiger partial charge in [0, 0.05) is 11.1 Å². The van der Waals surface area contributed by atoms with Crippen LogP contribution in [-0.2, 0) is 0 Å². The first-order valence-electron chi connectivity index (χ1n) is 7.16. The van der Waals surface area contributed by atoms with E-state index in [1.165, 1.54) is 6.21 Å². The van der Waals surface area contributed by atoms with Gasteiger partial charge in [0.05, 0.1) is 6.21 Å². The Morgan fingerprint density at radius 2 is 1.96 bits per heavy atom. The molecule has 1 amide bonds. The van der Waals surface area contributed by atoms with Crippen molar-refractivity contribution in [3.63, 3.8) is 0 Å². The van der Waals surface area contributed by atoms with Gasteiger partial charge in [-0.1, -0.05) is 6.07 Å². The van der Waals surface area contributed by atoms with Gasteiger partial charge in [-0.3, -0.25) is 4.79 Å². The van der Waals surface area contributed by atoms with E-state index in [1.54, 1.807) is 30.3 Å². The van der Waals surface area contributed by atoms with Crippen LogP contribution in [0.15, 0.2) is 41.5 Å². The van der Waals surface area contributed by atoms with E-state index in [-0.39, 0.29) is 11.7 Å². The van der Waals surface area contributed by atoms with Gasteiger partial charge in [-0.25, -0.2) is 5.43 Å². The lowest BCUT2D eigenvalue weighted by molar-refractivity contribution is 0.0954. The Balaban J connectivity index is 1.68. The number of phenolic OH excluding ortho intramolecular Hbond substituents is 1. The summed E-state index contributed by atoms with van der Waals surface area (Å²) < 4.78 is 10.8. The minimum atomic E-state index is -0.371. The Kier molecular flexibility index (Phi) is 4.14. The minimum absolute atomic E-state index is 0.113. The highest BCUT2D eigenvalue weighted by atomic mass is 16.6. The number of amides is 1. The molecule has 2 N–H and O–H groups in total. The monoisotopic (exact) mass is 312 g/mol. The van der Waals surface area contributed by atoms with Gasteiger partial charge in [0.1, 0.15) is 19.0 Å². The summed E-state index contributed by atoms with van der Waals surface area (Å²) >= 11 is 0. The molecule has 2 aromatic carbocycles. The van der Waals surface area contributed by atoms with Crippen LogP contribution in [0.3, 0.4) is 0 Å². The molecule has 0 bridgehead atoms. The van der Waals surface area contributed by atoms with E-state index < -0.39 is 0 Å². The first-order valence-corrected chi connectivity index (χ1v) is 7.16. The van der Waals surface area contributed by atoms with Gasteiger partial charge in [-0.2, -0.15) is 5.10 Å². The topological polar surface area (TPSA) is 80.2 Å². The van der Waals surface area contributed by atoms with Crippen molar-refractivity contribution in [1.82, 2.24) is 5.43 Å². The molecule has 6 nitrogen and oxygen atoms in total. The summed E-state index contributed by atoms with van der Waals surface area (Å²) in [5.41, 5.74) is 4.31. The number of benzene rings is 2. The smallest absolute Gasteiger partial charge is 0.271 e. The van der Waals surface area contributed by atoms with Gasteiger partial charge in [-0.05, 0) is 42.8 Å². The molecule has 3 rings (SSSR count). The Morgan fingerprint density at radius 1 is 1.17 bits per heavy atom. The van der Waals surface area contributed by atoms with Crippen molar-refractivity contribution in [3.8, 4) is 17.2 Å². The van der Waals surface area contributed by atoms with Crippen LogP contribution in [0.25, 0.3) is 0 Å². The zero-order chi connectivity index (χ0) is 16.2. The van der Waals surface area contributed by atoms with Crippen molar-refractivity contribution in [1.29, 1.82) is 0 Å². The highest BCUT2D eigenvalue weighted by Gasteiger charge is 2.14. The fraction of sp³-hybridized carbons (Fsp3) is 0.176. The second kappa shape index (κ2) is 6.39. The first kappa shape index (κ1) is 14.9. The van der Waals surface area contributed by atoms with Gasteiger partial charge in [-0.15, -0.1) is 0 Å². The van der Waals surface area contributed by atoms with Gasteiger partial charge < -0.3 is 14.6 Å². The number of fused-ring (bicyclic) bond motifs is 1. The first-order chi connectivity index (χ1) is 11.1. The number of carbonyl (C=O) groups excluding carboxylic acids is 1. The molecule has 0 saturated carbocycles. The molecule has 0 unspecified atom stereocenters. The van der Waals surface area contributed by atoms with Gasteiger partial charge in [0.25, 0.3) is 5.91 Å². The molecule has 0 saturated heterocycles. The van der Waals surface area contributed by atoms with Crippen LogP contribution in [0.5, 0.6) is 17.2 Å². The van der Waals surface area contributed by atoms with E-state index in [1.807, 2.05) is 13.0 Å². The standard InChI is InChI=1S/C17H16N2O4/c1-11-2-3-13(14(20)8-11)10-18-19-17(21)12-4-5-15-16(9-12)23-7-6-22-15/h2-5,8-10,20H,6-7H2,1H3,(H,19,21). The maximum Gasteiger partial charge on any atom is 0.271 e. The van der Waals surface area contributed by atoms with E-state index in [0.717, 1.165) is 5.56 Å². The number of carbonyl (C=O) groups is 1. The second-order valence-corrected chi connectivity index (χ2v) is 5.12. The SMILES string of the molecule is Cc1ccc(C=NNC(=O)c2ccc3c(c2)OCCO3)c(O)c1. The molecular weight excluding hydrogens is 296 g/mol. The van der Waals surface area contributed by atoms with E-state index in [0.29, 0.717) is 35.8 Å². The Labute approximate surface area is 133 Å². The maximum absolute atomic E-state index is 12.1. The lowest BCUT2D eigenvalue weighted by Crippen LogP contribution is -2.19. The summed E-state index contributed by atoms with van der Waals surface area (Å²) in [7, 11) is 0. The average Bonchev–Trinajstić information content (AvgIpc) is 2.56. The Morgan fingerprint density at radius 3 is 2.74 bits per heavy atom. The largest absolute Gasteiger partial charge is 0.507 e. The fourth-order valence-electron chi connectivity index (χ4n) is 2.17. The van der Waals surface area contributed by atoms with E-state index in [9.17, 15) is 9.90 Å². The normalized spacial score (nSPS) is 13.1. The number of ether oxygens (including phenoxy) is 2. The van der Waals surface area contributed by atoms with Crippen molar-refractivity contribution >= 4 is 12.1 Å². The van der Waals surface area contributed by atoms with E-state index in [4.69, 9.17) is 9.47 Å². The molecule has 0 spiro atoms. The third kappa shape index (κ3) is 3.42. The number of hydrazone groups is 1. The predicted octanol–water partition coefficient (Wildman–Crippen LogP) is 2.24. The quantitative estimate of drug-likeness (QED) is 0.673. The Hall–Kier alpha value is -3.02. The highest BCUT2D eigenvalue weighted by molar-refractivity contribution is 5.95. The van der Waals surface area contributed by atoms with Crippen LogP contribution >= 0.6 is 0 Å². The summed E-state index contributed by atoms with van der Waals surface area (Å²) in [6.07, 6.45) is 1.39. The zero-order valence-corrected chi connectivity index (χ0v) is 12.6. The number of aromatic hydroxyl groups is 1. The second-order valence-electron chi connectivity index (χ2n) is 5.12. The number of phenols is 1. The summed E-state index contributed by atoms with van der Waals surface area (Å²) in [6, 6.07) is 10.2. The van der Waals surface area contributed by atoms with E-state index >= 15 is 0 Å². The van der Waals surface area contributed by atoms with Crippen molar-refractivity contribution in [2.75, 3.05) is 13.2 Å². The molecule has 23 heavy (non-hydrogen) atoms. The number of hydrogen-bond donors (Lipinski definition) is 2. The molecule has 1 aliphatic heterocycles. The molecule has 1 heterocycles. The molecule has 1 aliphatic rings. The van der Waals surface area contributed by atoms with Crippen molar-refractivity contribution in [2.45, 2.75) is 6.92 Å². The average molecular weight is 312 g/mol. The fourth-order valence-corrected chi connectivity index (χ4v) is 2.17. The lowest BCUT2D eigenvalue weighted by Gasteiger charge is -2.18. The number of nitrogens with one attached hydrogen (secondary N) is 1. The summed E-state index contributed by atoms with van der Waals surface area (Å²) in [5.74, 6) is 0.914. The molecule has 0 atom stereocenters. The van der Waals surface area contributed by atoms with Crippen LogP contribution in [0, 0.1) is 6.92 Å². The summed E-state index contributed by atoms with van der Waals surface area (Å²) in [6.45, 7) is 2.84. The molecule has 0 aromatic heterocycles. The van der Waals surface area contributed by atoms with Crippen LogP contribution in [-0.4, -0.2) is 30.4 Å². The van der Waals surface area contributed by atoms with Crippen LogP contribution < -0.4 is 14.9 Å². The third-order valence-corrected chi connectivity index (χ3v) is 3.36. The van der Waals surface area contributed by atoms with Crippen molar-refractivity contribution in [3.05, 3.63) is 53.1 Å². The van der Waals surface area contributed by atoms with Crippen LogP contribution in [0.2, 0.25) is 0 Å². The number of nitrogens with zero attached hydrogens (tertiary/aromatic N) is 1. The van der Waals surface area contributed by atoms with Crippen LogP contribution in [0.4, 0.5) is 0 Å². The molecular formula is C17H16N2O4. The van der Waals surface area contributed by atoms with Crippen molar-refractivity contribution in [2.24, 2.45) is 5.10 Å². The molecule has 0 fully saturated rings. The number of rotatable bonds is 3. The molecule has 6 heteroatoms. The number of aryl methyl sites for hydroxylation is 1. The Bertz CT molecular complexity index is 771. The molecule has 0 radical (unpaired) electrons. The highest BCUT2D eigenvalue weighted by Crippen LogP contribution is 2.30. The zero-order valence-electron chi connectivity index (χ0n) is 12.6. The lowest BCUT2D eigenvalue weighted by atomic mass is 10.1. The maximum atomic E-state index is 12.1. The predicted molar refractivity (Wildman–Crippen MR) is 85.3 cm³/mol. The molecule has 118 valence electrons. The third-order valence-electron chi connectivity index (χ3n) is 3.36. The summed E-state index contributed by atoms with van der Waals surface area (Å²) in [4.78, 5) is 12.1. The van der Waals surface area contributed by atoms with Gasteiger partial charge in [0.2, 0.25) is 0 Å². The minimum Gasteiger partial charge on any atom is -0.507 e. The number of hydrogen-bond acceptors (Lipinski definition) is 5. The van der Waals surface area contributed by atoms with E-state index in [2.05, 4.69) is 10.5 Å². The molecule has 0 aliphatic carbocycles. The van der Waals surface area contributed by atoms with Gasteiger partial charge in [0.15, 0.2) is 11.5 Å². The summed E-state index contributed by atoms with van der Waals surface area (Å²) in [5, 5.41) is 13.6. The van der Waals surface area contributed by atoms with Crippen LogP contribution in [0.1, 0.15) is 21.5 Å². The van der Waals surface area contributed by atoms with Crippen molar-refractivity contribution < 1.29 is 19.4 Å². The van der Waals surface area contributed by atoms with Gasteiger partial charge >= 0.3 is 0 Å².